The van der Waals surface area contributed by atoms with Crippen molar-refractivity contribution in [2.75, 3.05) is 37.0 Å². The molecule has 3 N–H and O–H groups in total. The molecule has 0 bridgehead atoms. The number of carbonyl (C=O) groups is 1. The van der Waals surface area contributed by atoms with E-state index >= 15 is 0 Å². The number of nitrogens with zero attached hydrogens (tertiary/aromatic N) is 1. The Labute approximate surface area is 121 Å². The Bertz CT molecular complexity index is 423. The predicted molar refractivity (Wildman–Crippen MR) is 83.3 cm³/mol. The Morgan fingerprint density at radius 3 is 2.85 bits per heavy atom. The summed E-state index contributed by atoms with van der Waals surface area (Å²) in [6.07, 6.45) is 0.692. The molecular formula is C15H25N3O2. The number of aliphatic hydroxyl groups excluding tert-OH is 1. The topological polar surface area (TPSA) is 64.6 Å². The molecular weight excluding hydrogens is 254 g/mol. The van der Waals surface area contributed by atoms with Crippen molar-refractivity contribution in [3.05, 3.63) is 24.3 Å². The molecule has 0 radical (unpaired) electrons. The van der Waals surface area contributed by atoms with E-state index in [-0.39, 0.29) is 18.6 Å². The van der Waals surface area contributed by atoms with Crippen LogP contribution >= 0.6 is 0 Å². The Morgan fingerprint density at radius 2 is 2.20 bits per heavy atom. The minimum Gasteiger partial charge on any atom is -0.396 e. The highest BCUT2D eigenvalue weighted by atomic mass is 16.3. The van der Waals surface area contributed by atoms with Crippen LogP contribution in [0, 0.1) is 5.92 Å². The van der Waals surface area contributed by atoms with Crippen LogP contribution in [0.2, 0.25) is 0 Å². The maximum atomic E-state index is 11.8. The third kappa shape index (κ3) is 5.48. The average molecular weight is 279 g/mol. The van der Waals surface area contributed by atoms with Crippen molar-refractivity contribution in [2.24, 2.45) is 5.92 Å². The number of anilines is 2. The van der Waals surface area contributed by atoms with E-state index in [0.29, 0.717) is 13.0 Å². The number of benzene rings is 1. The van der Waals surface area contributed by atoms with Gasteiger partial charge in [-0.05, 0) is 37.5 Å². The Hall–Kier alpha value is -1.75. The van der Waals surface area contributed by atoms with Gasteiger partial charge in [0, 0.05) is 38.1 Å². The molecule has 2 amide bonds. The van der Waals surface area contributed by atoms with Gasteiger partial charge < -0.3 is 20.6 Å². The SMILES string of the molecule is CCN(C)c1cccc(NC(=O)NCC(C)CCO)c1. The molecule has 1 aromatic carbocycles. The van der Waals surface area contributed by atoms with Gasteiger partial charge in [-0.1, -0.05) is 13.0 Å². The molecule has 5 nitrogen and oxygen atoms in total. The highest BCUT2D eigenvalue weighted by Crippen LogP contribution is 2.18. The number of urea groups is 1. The summed E-state index contributed by atoms with van der Waals surface area (Å²) in [7, 11) is 2.01. The third-order valence-corrected chi connectivity index (χ3v) is 3.25. The van der Waals surface area contributed by atoms with Crippen LogP contribution in [0.15, 0.2) is 24.3 Å². The number of carbonyl (C=O) groups excluding carboxylic acids is 1. The van der Waals surface area contributed by atoms with Crippen molar-refractivity contribution in [3.8, 4) is 0 Å². The zero-order valence-electron chi connectivity index (χ0n) is 12.5. The largest absolute Gasteiger partial charge is 0.396 e. The fraction of sp³-hybridized carbons (Fsp3) is 0.533. The molecule has 0 aliphatic carbocycles. The lowest BCUT2D eigenvalue weighted by atomic mass is 10.1. The van der Waals surface area contributed by atoms with Crippen LogP contribution < -0.4 is 15.5 Å². The first-order valence-corrected chi connectivity index (χ1v) is 7.03. The second-order valence-electron chi connectivity index (χ2n) is 5.02. The van der Waals surface area contributed by atoms with Crippen molar-refractivity contribution in [3.63, 3.8) is 0 Å². The summed E-state index contributed by atoms with van der Waals surface area (Å²) >= 11 is 0. The number of amides is 2. The standard InChI is InChI=1S/C15H25N3O2/c1-4-18(3)14-7-5-6-13(10-14)17-15(20)16-11-12(2)8-9-19/h5-7,10,12,19H,4,8-9,11H2,1-3H3,(H2,16,17,20). The van der Waals surface area contributed by atoms with Gasteiger partial charge in [0.25, 0.3) is 0 Å². The van der Waals surface area contributed by atoms with Crippen molar-refractivity contribution >= 4 is 17.4 Å². The summed E-state index contributed by atoms with van der Waals surface area (Å²) in [4.78, 5) is 13.9. The van der Waals surface area contributed by atoms with Crippen molar-refractivity contribution in [1.82, 2.24) is 5.32 Å². The summed E-state index contributed by atoms with van der Waals surface area (Å²) in [5, 5.41) is 14.4. The van der Waals surface area contributed by atoms with Gasteiger partial charge in [-0.2, -0.15) is 0 Å². The molecule has 0 fully saturated rings. The summed E-state index contributed by atoms with van der Waals surface area (Å²) in [5.41, 5.74) is 1.84. The maximum Gasteiger partial charge on any atom is 0.319 e. The van der Waals surface area contributed by atoms with Crippen LogP contribution in [0.1, 0.15) is 20.3 Å². The van der Waals surface area contributed by atoms with Gasteiger partial charge >= 0.3 is 6.03 Å². The molecule has 0 aromatic heterocycles. The summed E-state index contributed by atoms with van der Waals surface area (Å²) in [6, 6.07) is 7.52. The third-order valence-electron chi connectivity index (χ3n) is 3.25. The van der Waals surface area contributed by atoms with Gasteiger partial charge in [0.05, 0.1) is 0 Å². The minimum atomic E-state index is -0.217. The van der Waals surface area contributed by atoms with E-state index in [1.807, 2.05) is 38.2 Å². The van der Waals surface area contributed by atoms with Gasteiger partial charge in [0.15, 0.2) is 0 Å². The molecule has 20 heavy (non-hydrogen) atoms. The molecule has 1 rings (SSSR count). The Morgan fingerprint density at radius 1 is 1.45 bits per heavy atom. The second kappa shape index (κ2) is 8.43. The first-order chi connectivity index (χ1) is 9.56. The highest BCUT2D eigenvalue weighted by molar-refractivity contribution is 5.89. The van der Waals surface area contributed by atoms with E-state index in [9.17, 15) is 4.79 Å². The number of hydrogen-bond donors (Lipinski definition) is 3. The Kier molecular flexibility index (Phi) is 6.87. The van der Waals surface area contributed by atoms with E-state index in [0.717, 1.165) is 17.9 Å². The van der Waals surface area contributed by atoms with Gasteiger partial charge in [-0.15, -0.1) is 0 Å². The zero-order valence-corrected chi connectivity index (χ0v) is 12.5. The molecule has 0 aliphatic heterocycles. The summed E-state index contributed by atoms with van der Waals surface area (Å²) in [6.45, 7) is 5.69. The van der Waals surface area contributed by atoms with Gasteiger partial charge in [0.1, 0.15) is 0 Å². The summed E-state index contributed by atoms with van der Waals surface area (Å²) in [5.74, 6) is 0.267. The van der Waals surface area contributed by atoms with E-state index in [1.54, 1.807) is 0 Å². The van der Waals surface area contributed by atoms with Crippen LogP contribution in [0.25, 0.3) is 0 Å². The smallest absolute Gasteiger partial charge is 0.319 e. The second-order valence-corrected chi connectivity index (χ2v) is 5.02. The lowest BCUT2D eigenvalue weighted by Crippen LogP contribution is -2.32. The molecule has 1 atom stereocenters. The van der Waals surface area contributed by atoms with Crippen LogP contribution in [0.5, 0.6) is 0 Å². The zero-order chi connectivity index (χ0) is 15.0. The first kappa shape index (κ1) is 16.3. The fourth-order valence-electron chi connectivity index (χ4n) is 1.77. The number of rotatable bonds is 7. The van der Waals surface area contributed by atoms with Crippen molar-refractivity contribution < 1.29 is 9.90 Å². The van der Waals surface area contributed by atoms with Crippen molar-refractivity contribution in [1.29, 1.82) is 0 Å². The fourth-order valence-corrected chi connectivity index (χ4v) is 1.77. The lowest BCUT2D eigenvalue weighted by Gasteiger charge is -2.18. The molecule has 0 aliphatic rings. The quantitative estimate of drug-likeness (QED) is 0.717. The van der Waals surface area contributed by atoms with Crippen LogP contribution in [0.4, 0.5) is 16.2 Å². The molecule has 1 aromatic rings. The summed E-state index contributed by atoms with van der Waals surface area (Å²) < 4.78 is 0. The molecule has 0 saturated heterocycles. The molecule has 0 saturated carbocycles. The predicted octanol–water partition coefficient (Wildman–Crippen LogP) is 2.28. The van der Waals surface area contributed by atoms with Gasteiger partial charge in [-0.3, -0.25) is 0 Å². The lowest BCUT2D eigenvalue weighted by molar-refractivity contribution is 0.243. The molecule has 5 heteroatoms. The van der Waals surface area contributed by atoms with E-state index in [2.05, 4.69) is 22.5 Å². The number of nitrogens with one attached hydrogen (secondary N) is 2. The molecule has 0 spiro atoms. The van der Waals surface area contributed by atoms with Crippen LogP contribution in [-0.2, 0) is 0 Å². The van der Waals surface area contributed by atoms with Gasteiger partial charge in [0.2, 0.25) is 0 Å². The van der Waals surface area contributed by atoms with E-state index in [1.165, 1.54) is 0 Å². The van der Waals surface area contributed by atoms with Crippen LogP contribution in [0.3, 0.4) is 0 Å². The first-order valence-electron chi connectivity index (χ1n) is 7.03. The van der Waals surface area contributed by atoms with E-state index < -0.39 is 0 Å². The van der Waals surface area contributed by atoms with Gasteiger partial charge in [-0.25, -0.2) is 4.79 Å². The Balaban J connectivity index is 2.49. The maximum absolute atomic E-state index is 11.8. The minimum absolute atomic E-state index is 0.149. The van der Waals surface area contributed by atoms with Crippen molar-refractivity contribution in [2.45, 2.75) is 20.3 Å². The number of aliphatic hydroxyl groups is 1. The average Bonchev–Trinajstić information content (AvgIpc) is 2.45. The number of hydrogen-bond acceptors (Lipinski definition) is 3. The molecule has 0 heterocycles. The normalized spacial score (nSPS) is 11.8. The highest BCUT2D eigenvalue weighted by Gasteiger charge is 2.06. The van der Waals surface area contributed by atoms with Crippen LogP contribution in [-0.4, -0.2) is 37.9 Å². The monoisotopic (exact) mass is 279 g/mol. The molecule has 1 unspecified atom stereocenters. The molecule has 112 valence electrons. The van der Waals surface area contributed by atoms with E-state index in [4.69, 9.17) is 5.11 Å².